The molecule has 0 bridgehead atoms. The van der Waals surface area contributed by atoms with E-state index < -0.39 is 12.4 Å². The molecule has 1 aromatic carbocycles. The van der Waals surface area contributed by atoms with Gasteiger partial charge in [0.15, 0.2) is 5.84 Å². The smallest absolute Gasteiger partial charge is 0.258 e. The van der Waals surface area contributed by atoms with Crippen molar-refractivity contribution in [3.05, 3.63) is 46.4 Å². The number of aliphatic hydroxyl groups excluding tert-OH is 1. The molecule has 0 spiro atoms. The fourth-order valence-corrected chi connectivity index (χ4v) is 4.01. The lowest BCUT2D eigenvalue weighted by molar-refractivity contribution is -0.114. The van der Waals surface area contributed by atoms with Crippen molar-refractivity contribution in [2.45, 2.75) is 27.2 Å². The van der Waals surface area contributed by atoms with E-state index in [0.717, 1.165) is 11.1 Å². The summed E-state index contributed by atoms with van der Waals surface area (Å²) >= 11 is 0. The highest BCUT2D eigenvalue weighted by molar-refractivity contribution is 6.09. The highest BCUT2D eigenvalue weighted by Crippen LogP contribution is 2.35. The summed E-state index contributed by atoms with van der Waals surface area (Å²) in [4.78, 5) is 31.6. The number of hydrogen-bond donors (Lipinski definition) is 1. The molecule has 2 aromatic rings. The Morgan fingerprint density at radius 1 is 1.39 bits per heavy atom. The maximum absolute atomic E-state index is 15.1. The molecule has 33 heavy (non-hydrogen) atoms. The number of methoxy groups -OCH3 is 1. The van der Waals surface area contributed by atoms with Crippen molar-refractivity contribution in [1.82, 2.24) is 9.88 Å². The number of anilines is 2. The lowest BCUT2D eigenvalue weighted by atomic mass is 9.96. The third-order valence-electron chi connectivity index (χ3n) is 5.70. The third-order valence-corrected chi connectivity index (χ3v) is 5.70. The van der Waals surface area contributed by atoms with Crippen LogP contribution in [0.2, 0.25) is 0 Å². The first-order valence-corrected chi connectivity index (χ1v) is 10.6. The van der Waals surface area contributed by atoms with Gasteiger partial charge in [0.05, 0.1) is 18.5 Å². The predicted molar refractivity (Wildman–Crippen MR) is 123 cm³/mol. The number of fused-ring (bicyclic) bond motifs is 1. The van der Waals surface area contributed by atoms with Crippen molar-refractivity contribution in [2.75, 3.05) is 43.8 Å². The molecule has 0 saturated carbocycles. The second kappa shape index (κ2) is 9.95. The number of halogens is 1. The number of rotatable bonds is 7. The van der Waals surface area contributed by atoms with E-state index in [1.54, 1.807) is 24.1 Å². The first-order chi connectivity index (χ1) is 15.8. The lowest BCUT2D eigenvalue weighted by Gasteiger charge is -2.32. The quantitative estimate of drug-likeness (QED) is 0.296. The van der Waals surface area contributed by atoms with Gasteiger partial charge in [0, 0.05) is 37.5 Å². The average molecular weight is 458 g/mol. The molecule has 0 fully saturated rings. The number of amides is 2. The number of hydrogen-bond acceptors (Lipinski definition) is 7. The summed E-state index contributed by atoms with van der Waals surface area (Å²) in [6.45, 7) is 5.68. The molecule has 9 nitrogen and oxygen atoms in total. The number of aliphatic hydroxyl groups is 1. The van der Waals surface area contributed by atoms with Gasteiger partial charge in [0.2, 0.25) is 12.3 Å². The number of aromatic nitrogens is 1. The number of carbonyl (C=O) groups is 2. The van der Waals surface area contributed by atoms with Gasteiger partial charge < -0.3 is 14.7 Å². The van der Waals surface area contributed by atoms with Crippen LogP contribution < -0.4 is 14.6 Å². The number of carbonyl (C=O) groups excluding carboxylic acids is 2. The molecule has 1 N–H and O–H groups in total. The van der Waals surface area contributed by atoms with E-state index in [-0.39, 0.29) is 23.0 Å². The molecular weight excluding hydrogens is 429 g/mol. The van der Waals surface area contributed by atoms with Crippen molar-refractivity contribution in [2.24, 2.45) is 5.10 Å². The number of benzene rings is 1. The Labute approximate surface area is 192 Å². The van der Waals surface area contributed by atoms with Gasteiger partial charge in [-0.25, -0.2) is 9.37 Å². The minimum absolute atomic E-state index is 0.0898. The molecule has 2 amide bonds. The van der Waals surface area contributed by atoms with Crippen molar-refractivity contribution in [3.63, 3.8) is 0 Å². The molecule has 1 aliphatic heterocycles. The standard InChI is InChI=1S/C23H28FN5O4/c1-6-28(13-31)20(12-30)26-27(4)19-9-16-7-8-29(23(32)17(16)10-18(19)24)21-14(2)11-25-22(33-5)15(21)3/h9-11,13,30H,6-8,12H2,1-5H3/b26-20-. The van der Waals surface area contributed by atoms with Crippen LogP contribution in [0.4, 0.5) is 15.8 Å². The molecular formula is C23H28FN5O4. The highest BCUT2D eigenvalue weighted by Gasteiger charge is 2.30. The largest absolute Gasteiger partial charge is 0.481 e. The molecule has 10 heteroatoms. The highest BCUT2D eigenvalue weighted by atomic mass is 19.1. The van der Waals surface area contributed by atoms with Crippen LogP contribution in [0.25, 0.3) is 0 Å². The van der Waals surface area contributed by atoms with Gasteiger partial charge in [-0.2, -0.15) is 5.10 Å². The van der Waals surface area contributed by atoms with E-state index in [4.69, 9.17) is 4.74 Å². The molecule has 1 aliphatic rings. The molecule has 176 valence electrons. The Balaban J connectivity index is 1.98. The topological polar surface area (TPSA) is 98.6 Å². The number of hydrazone groups is 1. The molecule has 0 unspecified atom stereocenters. The zero-order chi connectivity index (χ0) is 24.3. The number of nitrogens with zero attached hydrogens (tertiary/aromatic N) is 5. The van der Waals surface area contributed by atoms with Gasteiger partial charge in [-0.3, -0.25) is 19.5 Å². The van der Waals surface area contributed by atoms with Crippen LogP contribution in [0.3, 0.4) is 0 Å². The van der Waals surface area contributed by atoms with Crippen molar-refractivity contribution in [1.29, 1.82) is 0 Å². The monoisotopic (exact) mass is 457 g/mol. The Hall–Kier alpha value is -3.53. The molecule has 2 heterocycles. The minimum atomic E-state index is -0.637. The molecule has 1 aromatic heterocycles. The van der Waals surface area contributed by atoms with Gasteiger partial charge in [0.1, 0.15) is 12.4 Å². The van der Waals surface area contributed by atoms with Crippen LogP contribution in [-0.2, 0) is 11.2 Å². The maximum atomic E-state index is 15.1. The summed E-state index contributed by atoms with van der Waals surface area (Å²) in [5.74, 6) is -0.415. The zero-order valence-electron chi connectivity index (χ0n) is 19.4. The van der Waals surface area contributed by atoms with Crippen molar-refractivity contribution in [3.8, 4) is 5.88 Å². The van der Waals surface area contributed by atoms with Crippen molar-refractivity contribution < 1.29 is 23.8 Å². The molecule has 3 rings (SSSR count). The molecule has 0 saturated heterocycles. The number of pyridine rings is 1. The summed E-state index contributed by atoms with van der Waals surface area (Å²) in [6, 6.07) is 2.80. The third kappa shape index (κ3) is 4.51. The van der Waals surface area contributed by atoms with E-state index >= 15 is 4.39 Å². The summed E-state index contributed by atoms with van der Waals surface area (Å²) in [7, 11) is 3.04. The van der Waals surface area contributed by atoms with E-state index in [0.29, 0.717) is 43.1 Å². The second-order valence-corrected chi connectivity index (χ2v) is 7.68. The summed E-state index contributed by atoms with van der Waals surface area (Å²) < 4.78 is 20.4. The number of ether oxygens (including phenoxy) is 1. The van der Waals surface area contributed by atoms with E-state index in [2.05, 4.69) is 10.1 Å². The maximum Gasteiger partial charge on any atom is 0.258 e. The molecule has 0 atom stereocenters. The molecule has 0 radical (unpaired) electrons. The van der Waals surface area contributed by atoms with Crippen LogP contribution in [0.1, 0.15) is 34.0 Å². The second-order valence-electron chi connectivity index (χ2n) is 7.68. The van der Waals surface area contributed by atoms with E-state index in [1.165, 1.54) is 30.1 Å². The first kappa shape index (κ1) is 24.1. The minimum Gasteiger partial charge on any atom is -0.481 e. The Bertz CT molecular complexity index is 1100. The summed E-state index contributed by atoms with van der Waals surface area (Å²) in [6.07, 6.45) is 2.72. The zero-order valence-corrected chi connectivity index (χ0v) is 19.4. The van der Waals surface area contributed by atoms with Crippen LogP contribution >= 0.6 is 0 Å². The van der Waals surface area contributed by atoms with E-state index in [9.17, 15) is 14.7 Å². The van der Waals surface area contributed by atoms with Crippen LogP contribution in [0, 0.1) is 19.7 Å². The number of aryl methyl sites for hydroxylation is 1. The summed E-state index contributed by atoms with van der Waals surface area (Å²) in [5.41, 5.74) is 3.39. The fraction of sp³-hybridized carbons (Fsp3) is 0.391. The van der Waals surface area contributed by atoms with E-state index in [1.807, 2.05) is 13.8 Å². The van der Waals surface area contributed by atoms with Gasteiger partial charge in [-0.1, -0.05) is 0 Å². The summed E-state index contributed by atoms with van der Waals surface area (Å²) in [5, 5.41) is 15.0. The van der Waals surface area contributed by atoms with Gasteiger partial charge in [-0.15, -0.1) is 0 Å². The van der Waals surface area contributed by atoms with Crippen molar-refractivity contribution >= 4 is 29.5 Å². The Morgan fingerprint density at radius 3 is 2.73 bits per heavy atom. The van der Waals surface area contributed by atoms with Crippen LogP contribution in [0.15, 0.2) is 23.4 Å². The average Bonchev–Trinajstić information content (AvgIpc) is 2.80. The van der Waals surface area contributed by atoms with Gasteiger partial charge in [0.25, 0.3) is 5.91 Å². The van der Waals surface area contributed by atoms with Crippen LogP contribution in [-0.4, -0.2) is 67.0 Å². The molecule has 0 aliphatic carbocycles. The number of amidine groups is 1. The number of likely N-dealkylation sites (N-methyl/N-ethyl adjacent to an activating group) is 1. The van der Waals surface area contributed by atoms with Gasteiger partial charge in [-0.05, 0) is 50.5 Å². The first-order valence-electron chi connectivity index (χ1n) is 10.6. The van der Waals surface area contributed by atoms with Gasteiger partial charge >= 0.3 is 0 Å². The fourth-order valence-electron chi connectivity index (χ4n) is 4.01. The Morgan fingerprint density at radius 2 is 2.12 bits per heavy atom. The predicted octanol–water partition coefficient (Wildman–Crippen LogP) is 2.27. The Kier molecular flexibility index (Phi) is 7.27. The lowest BCUT2D eigenvalue weighted by Crippen LogP contribution is -2.39. The SMILES string of the molecule is CCN(C=O)/C(CO)=N\N(C)c1cc2c(cc1F)C(=O)N(c1c(C)cnc(OC)c1C)CC2. The normalized spacial score (nSPS) is 13.6. The van der Waals surface area contributed by atoms with Crippen LogP contribution in [0.5, 0.6) is 5.88 Å².